The summed E-state index contributed by atoms with van der Waals surface area (Å²) >= 11 is 5.93. The van der Waals surface area contributed by atoms with Crippen LogP contribution in [-0.4, -0.2) is 19.3 Å². The average Bonchev–Trinajstić information content (AvgIpc) is 3.34. The molecule has 182 valence electrons. The van der Waals surface area contributed by atoms with Gasteiger partial charge in [-0.25, -0.2) is 4.79 Å². The predicted molar refractivity (Wildman–Crippen MR) is 127 cm³/mol. The molecule has 0 amide bonds. The summed E-state index contributed by atoms with van der Waals surface area (Å²) in [5, 5.41) is 4.61. The normalized spacial score (nSPS) is 11.8. The van der Waals surface area contributed by atoms with Crippen LogP contribution in [0.2, 0.25) is 5.02 Å². The van der Waals surface area contributed by atoms with Crippen LogP contribution in [0.1, 0.15) is 17.0 Å². The molecule has 0 bridgehead atoms. The summed E-state index contributed by atoms with van der Waals surface area (Å²) < 4.78 is 46.9. The van der Waals surface area contributed by atoms with Gasteiger partial charge in [0.1, 0.15) is 6.54 Å². The first kappa shape index (κ1) is 23.6. The van der Waals surface area contributed by atoms with Crippen LogP contribution in [0.4, 0.5) is 13.2 Å². The summed E-state index contributed by atoms with van der Waals surface area (Å²) in [6.07, 6.45) is -4.52. The van der Waals surface area contributed by atoms with Crippen molar-refractivity contribution in [3.63, 3.8) is 0 Å². The van der Waals surface area contributed by atoms with Crippen molar-refractivity contribution in [1.82, 2.24) is 19.3 Å². The number of hydrogen-bond donors (Lipinski definition) is 0. The van der Waals surface area contributed by atoms with Gasteiger partial charge >= 0.3 is 11.9 Å². The molecule has 2 aromatic heterocycles. The lowest BCUT2D eigenvalue weighted by atomic mass is 10.1. The number of nitrogens with zero attached hydrogens (tertiary/aromatic N) is 4. The zero-order valence-corrected chi connectivity index (χ0v) is 19.1. The van der Waals surface area contributed by atoms with E-state index < -0.39 is 23.0 Å². The van der Waals surface area contributed by atoms with E-state index in [9.17, 15) is 22.8 Å². The Morgan fingerprint density at radius 1 is 0.889 bits per heavy atom. The molecule has 0 spiro atoms. The molecule has 0 atom stereocenters. The topological polar surface area (TPSA) is 82.9 Å². The van der Waals surface area contributed by atoms with E-state index in [4.69, 9.17) is 16.1 Å². The first-order valence-corrected chi connectivity index (χ1v) is 11.1. The Morgan fingerprint density at radius 2 is 1.64 bits per heavy atom. The molecule has 7 nitrogen and oxygen atoms in total. The summed E-state index contributed by atoms with van der Waals surface area (Å²) in [4.78, 5) is 30.7. The SMILES string of the molecule is O=c1c2ccccc2n(Cc2nc(-c3cccc(C(F)(F)F)c3)no2)c(=O)n1Cc1ccc(Cl)cc1. The summed E-state index contributed by atoms with van der Waals surface area (Å²) in [5.41, 5.74) is -0.735. The van der Waals surface area contributed by atoms with Crippen LogP contribution in [0.3, 0.4) is 0 Å². The Bertz CT molecular complexity index is 1690. The molecular formula is C25H16ClF3N4O3. The highest BCUT2D eigenvalue weighted by atomic mass is 35.5. The maximum absolute atomic E-state index is 13.4. The zero-order valence-electron chi connectivity index (χ0n) is 18.4. The van der Waals surface area contributed by atoms with E-state index in [0.717, 1.165) is 16.7 Å². The Labute approximate surface area is 206 Å². The maximum atomic E-state index is 13.4. The van der Waals surface area contributed by atoms with Crippen LogP contribution in [0.25, 0.3) is 22.3 Å². The molecule has 36 heavy (non-hydrogen) atoms. The predicted octanol–water partition coefficient (Wildman–Crippen LogP) is 4.98. The highest BCUT2D eigenvalue weighted by Crippen LogP contribution is 2.31. The molecular weight excluding hydrogens is 497 g/mol. The van der Waals surface area contributed by atoms with Gasteiger partial charge in [-0.15, -0.1) is 0 Å². The third kappa shape index (κ3) is 4.55. The van der Waals surface area contributed by atoms with E-state index >= 15 is 0 Å². The van der Waals surface area contributed by atoms with Gasteiger partial charge in [0.15, 0.2) is 0 Å². The lowest BCUT2D eigenvalue weighted by Gasteiger charge is -2.13. The summed E-state index contributed by atoms with van der Waals surface area (Å²) in [5.74, 6) is -0.0608. The van der Waals surface area contributed by atoms with Gasteiger partial charge in [0, 0.05) is 10.6 Å². The summed E-state index contributed by atoms with van der Waals surface area (Å²) in [7, 11) is 0. The third-order valence-corrected chi connectivity index (χ3v) is 5.85. The Balaban J connectivity index is 1.55. The van der Waals surface area contributed by atoms with Crippen molar-refractivity contribution in [3.05, 3.63) is 116 Å². The molecule has 5 aromatic rings. The molecule has 2 heterocycles. The van der Waals surface area contributed by atoms with Crippen LogP contribution in [0.15, 0.2) is 86.9 Å². The highest BCUT2D eigenvalue weighted by molar-refractivity contribution is 6.30. The van der Waals surface area contributed by atoms with Gasteiger partial charge in [-0.1, -0.05) is 53.2 Å². The van der Waals surface area contributed by atoms with Crippen molar-refractivity contribution in [1.29, 1.82) is 0 Å². The molecule has 0 N–H and O–H groups in total. The second-order valence-electron chi connectivity index (χ2n) is 7.99. The summed E-state index contributed by atoms with van der Waals surface area (Å²) in [6.45, 7) is -0.175. The molecule has 3 aromatic carbocycles. The molecule has 0 saturated heterocycles. The number of rotatable bonds is 5. The monoisotopic (exact) mass is 512 g/mol. The minimum absolute atomic E-state index is 0.00800. The van der Waals surface area contributed by atoms with Crippen LogP contribution >= 0.6 is 11.6 Å². The van der Waals surface area contributed by atoms with E-state index in [1.807, 2.05) is 0 Å². The standard InChI is InChI=1S/C25H16ClF3N4O3/c26-18-10-8-15(9-11-18)13-33-23(34)19-6-1-2-7-20(19)32(24(33)35)14-21-30-22(31-36-21)16-4-3-5-17(12-16)25(27,28)29/h1-12H,13-14H2. The second-order valence-corrected chi connectivity index (χ2v) is 8.43. The maximum Gasteiger partial charge on any atom is 0.416 e. The van der Waals surface area contributed by atoms with Crippen molar-refractivity contribution >= 4 is 22.5 Å². The van der Waals surface area contributed by atoms with Gasteiger partial charge in [-0.05, 0) is 42.0 Å². The number of benzene rings is 3. The van der Waals surface area contributed by atoms with Gasteiger partial charge in [0.05, 0.1) is 23.0 Å². The zero-order chi connectivity index (χ0) is 25.4. The van der Waals surface area contributed by atoms with Crippen molar-refractivity contribution in [2.24, 2.45) is 0 Å². The van der Waals surface area contributed by atoms with Crippen LogP contribution in [0, 0.1) is 0 Å². The van der Waals surface area contributed by atoms with Crippen LogP contribution < -0.4 is 11.2 Å². The lowest BCUT2D eigenvalue weighted by Crippen LogP contribution is -2.40. The van der Waals surface area contributed by atoms with Crippen LogP contribution in [-0.2, 0) is 19.3 Å². The number of halogens is 4. The van der Waals surface area contributed by atoms with Gasteiger partial charge < -0.3 is 4.52 Å². The average molecular weight is 513 g/mol. The lowest BCUT2D eigenvalue weighted by molar-refractivity contribution is -0.137. The number of para-hydroxylation sites is 1. The van der Waals surface area contributed by atoms with Gasteiger partial charge in [-0.3, -0.25) is 13.9 Å². The van der Waals surface area contributed by atoms with Crippen molar-refractivity contribution in [2.45, 2.75) is 19.3 Å². The van der Waals surface area contributed by atoms with Crippen LogP contribution in [0.5, 0.6) is 0 Å². The second kappa shape index (κ2) is 9.12. The van der Waals surface area contributed by atoms with E-state index in [2.05, 4.69) is 10.1 Å². The highest BCUT2D eigenvalue weighted by Gasteiger charge is 2.30. The largest absolute Gasteiger partial charge is 0.416 e. The van der Waals surface area contributed by atoms with E-state index in [-0.39, 0.29) is 30.4 Å². The summed E-state index contributed by atoms with van der Waals surface area (Å²) in [6, 6.07) is 17.9. The minimum atomic E-state index is -4.52. The van der Waals surface area contributed by atoms with E-state index in [1.165, 1.54) is 16.7 Å². The Morgan fingerprint density at radius 3 is 2.39 bits per heavy atom. The van der Waals surface area contributed by atoms with Gasteiger partial charge in [-0.2, -0.15) is 18.2 Å². The van der Waals surface area contributed by atoms with Crippen molar-refractivity contribution in [2.75, 3.05) is 0 Å². The molecule has 0 radical (unpaired) electrons. The van der Waals surface area contributed by atoms with Gasteiger partial charge in [0.2, 0.25) is 11.7 Å². The molecule has 11 heteroatoms. The van der Waals surface area contributed by atoms with Crippen molar-refractivity contribution in [3.8, 4) is 11.4 Å². The molecule has 0 fully saturated rings. The minimum Gasteiger partial charge on any atom is -0.337 e. The Kier molecular flexibility index (Phi) is 5.97. The quantitative estimate of drug-likeness (QED) is 0.331. The molecule has 0 aliphatic heterocycles. The molecule has 0 aliphatic carbocycles. The van der Waals surface area contributed by atoms with Gasteiger partial charge in [0.25, 0.3) is 5.56 Å². The Hall–Kier alpha value is -4.18. The van der Waals surface area contributed by atoms with E-state index in [0.29, 0.717) is 21.5 Å². The first-order valence-electron chi connectivity index (χ1n) is 10.7. The third-order valence-electron chi connectivity index (χ3n) is 5.60. The fourth-order valence-electron chi connectivity index (χ4n) is 3.84. The van der Waals surface area contributed by atoms with E-state index in [1.54, 1.807) is 48.5 Å². The molecule has 5 rings (SSSR count). The smallest absolute Gasteiger partial charge is 0.337 e. The molecule has 0 saturated carbocycles. The number of fused-ring (bicyclic) bond motifs is 1. The molecule has 0 unspecified atom stereocenters. The first-order chi connectivity index (χ1) is 17.2. The number of hydrogen-bond acceptors (Lipinski definition) is 5. The fraction of sp³-hybridized carbons (Fsp3) is 0.120. The fourth-order valence-corrected chi connectivity index (χ4v) is 3.97. The van der Waals surface area contributed by atoms with Crippen molar-refractivity contribution < 1.29 is 17.7 Å². The number of alkyl halides is 3. The molecule has 0 aliphatic rings. The number of aromatic nitrogens is 4.